The molecule has 29 heavy (non-hydrogen) atoms. The number of halogens is 1. The molecule has 0 spiro atoms. The second-order valence-corrected chi connectivity index (χ2v) is 7.77. The van der Waals surface area contributed by atoms with E-state index in [-0.39, 0.29) is 12.4 Å². The highest BCUT2D eigenvalue weighted by Gasteiger charge is 2.26. The highest BCUT2D eigenvalue weighted by atomic mass is 32.2. The van der Waals surface area contributed by atoms with Crippen LogP contribution in [0, 0.1) is 12.7 Å². The van der Waals surface area contributed by atoms with Crippen molar-refractivity contribution in [3.63, 3.8) is 0 Å². The number of nitrogens with one attached hydrogen (secondary N) is 2. The van der Waals surface area contributed by atoms with Crippen molar-refractivity contribution in [3.8, 4) is 5.69 Å². The van der Waals surface area contributed by atoms with E-state index in [2.05, 4.69) is 15.7 Å². The Balaban J connectivity index is 1.51. The Hall–Kier alpha value is -3.13. The number of nitrogens with zero attached hydrogens (tertiary/aromatic N) is 2. The van der Waals surface area contributed by atoms with Gasteiger partial charge in [-0.2, -0.15) is 16.9 Å². The fraction of sp³-hybridized carbons (Fsp3) is 0.190. The summed E-state index contributed by atoms with van der Waals surface area (Å²) in [6.07, 6.45) is 0. The van der Waals surface area contributed by atoms with Crippen LogP contribution in [0.1, 0.15) is 22.4 Å². The molecule has 8 heteroatoms. The smallest absolute Gasteiger partial charge is 0.314 e. The second-order valence-electron chi connectivity index (χ2n) is 6.78. The molecular formula is C21H19FN4O2S. The standard InChI is InChI=1S/C21H19FN4O2S/c1-13-3-2-4-16(9-13)26-19(17-11-29-12-18(17)25-26)24-21(28)20(27)23-10-14-5-7-15(22)8-6-14/h2-9H,10-12H2,1H3,(H,23,27)(H,24,28). The van der Waals surface area contributed by atoms with Crippen molar-refractivity contribution in [2.75, 3.05) is 5.32 Å². The van der Waals surface area contributed by atoms with Crippen molar-refractivity contribution in [2.24, 2.45) is 0 Å². The van der Waals surface area contributed by atoms with E-state index >= 15 is 0 Å². The summed E-state index contributed by atoms with van der Waals surface area (Å²) < 4.78 is 14.7. The summed E-state index contributed by atoms with van der Waals surface area (Å²) in [5.74, 6) is 0.152. The van der Waals surface area contributed by atoms with Crippen molar-refractivity contribution in [2.45, 2.75) is 25.0 Å². The number of fused-ring (bicyclic) bond motifs is 1. The molecule has 0 saturated carbocycles. The van der Waals surface area contributed by atoms with Crippen LogP contribution in [-0.4, -0.2) is 21.6 Å². The average Bonchev–Trinajstić information content (AvgIpc) is 3.30. The van der Waals surface area contributed by atoms with Gasteiger partial charge in [0.05, 0.1) is 11.4 Å². The van der Waals surface area contributed by atoms with E-state index in [1.54, 1.807) is 28.6 Å². The quantitative estimate of drug-likeness (QED) is 0.647. The molecule has 2 amide bonds. The summed E-state index contributed by atoms with van der Waals surface area (Å²) in [6.45, 7) is 2.12. The maximum absolute atomic E-state index is 13.0. The van der Waals surface area contributed by atoms with Crippen molar-refractivity contribution in [1.82, 2.24) is 15.1 Å². The van der Waals surface area contributed by atoms with Crippen LogP contribution in [0.5, 0.6) is 0 Å². The van der Waals surface area contributed by atoms with Crippen molar-refractivity contribution in [1.29, 1.82) is 0 Å². The number of aryl methyl sites for hydroxylation is 1. The number of benzene rings is 2. The van der Waals surface area contributed by atoms with E-state index in [0.29, 0.717) is 11.4 Å². The van der Waals surface area contributed by atoms with Crippen LogP contribution in [0.4, 0.5) is 10.2 Å². The summed E-state index contributed by atoms with van der Waals surface area (Å²) in [5.41, 5.74) is 4.46. The lowest BCUT2D eigenvalue weighted by Gasteiger charge is -2.11. The highest BCUT2D eigenvalue weighted by molar-refractivity contribution is 7.98. The zero-order valence-electron chi connectivity index (χ0n) is 15.7. The summed E-state index contributed by atoms with van der Waals surface area (Å²) in [5, 5.41) is 9.92. The van der Waals surface area contributed by atoms with Gasteiger partial charge in [-0.05, 0) is 42.3 Å². The van der Waals surface area contributed by atoms with Gasteiger partial charge in [-0.15, -0.1) is 0 Å². The summed E-state index contributed by atoms with van der Waals surface area (Å²) in [4.78, 5) is 24.8. The lowest BCUT2D eigenvalue weighted by Crippen LogP contribution is -2.35. The number of anilines is 1. The average molecular weight is 410 g/mol. The maximum atomic E-state index is 13.0. The normalized spacial score (nSPS) is 12.5. The van der Waals surface area contributed by atoms with E-state index in [9.17, 15) is 14.0 Å². The Morgan fingerprint density at radius 3 is 2.69 bits per heavy atom. The number of carbonyl (C=O) groups excluding carboxylic acids is 2. The fourth-order valence-electron chi connectivity index (χ4n) is 3.12. The number of carbonyl (C=O) groups is 2. The predicted octanol–water partition coefficient (Wildman–Crippen LogP) is 3.32. The second kappa shape index (κ2) is 8.08. The highest BCUT2D eigenvalue weighted by Crippen LogP contribution is 2.36. The molecule has 3 aromatic rings. The molecular weight excluding hydrogens is 391 g/mol. The summed E-state index contributed by atoms with van der Waals surface area (Å²) >= 11 is 1.72. The Morgan fingerprint density at radius 2 is 1.93 bits per heavy atom. The van der Waals surface area contributed by atoms with Gasteiger partial charge < -0.3 is 10.6 Å². The lowest BCUT2D eigenvalue weighted by atomic mass is 10.2. The molecule has 0 fully saturated rings. The van der Waals surface area contributed by atoms with Gasteiger partial charge in [0.1, 0.15) is 11.6 Å². The molecule has 4 rings (SSSR count). The van der Waals surface area contributed by atoms with Crippen molar-refractivity contribution < 1.29 is 14.0 Å². The molecule has 2 heterocycles. The molecule has 1 aliphatic heterocycles. The molecule has 1 aromatic heterocycles. The molecule has 2 aromatic carbocycles. The zero-order valence-corrected chi connectivity index (χ0v) is 16.6. The van der Waals surface area contributed by atoms with Gasteiger partial charge in [-0.25, -0.2) is 9.07 Å². The van der Waals surface area contributed by atoms with E-state index < -0.39 is 11.8 Å². The predicted molar refractivity (Wildman–Crippen MR) is 110 cm³/mol. The SMILES string of the molecule is Cc1cccc(-n2nc3c(c2NC(=O)C(=O)NCc2ccc(F)cc2)CSC3)c1. The molecule has 0 aliphatic carbocycles. The molecule has 2 N–H and O–H groups in total. The number of rotatable bonds is 4. The maximum Gasteiger partial charge on any atom is 0.314 e. The number of amides is 2. The van der Waals surface area contributed by atoms with Crippen molar-refractivity contribution in [3.05, 3.63) is 76.7 Å². The molecule has 0 bridgehead atoms. The largest absolute Gasteiger partial charge is 0.344 e. The van der Waals surface area contributed by atoms with Gasteiger partial charge in [0.15, 0.2) is 0 Å². The Labute approximate surface area is 171 Å². The summed E-state index contributed by atoms with van der Waals surface area (Å²) in [6, 6.07) is 13.5. The number of thioether (sulfide) groups is 1. The van der Waals surface area contributed by atoms with E-state index in [4.69, 9.17) is 0 Å². The molecule has 148 valence electrons. The van der Waals surface area contributed by atoms with Gasteiger partial charge in [0, 0.05) is 23.6 Å². The number of aromatic nitrogens is 2. The minimum Gasteiger partial charge on any atom is -0.344 e. The van der Waals surface area contributed by atoms with E-state index in [1.807, 2.05) is 31.2 Å². The molecule has 6 nitrogen and oxygen atoms in total. The van der Waals surface area contributed by atoms with E-state index in [1.165, 1.54) is 12.1 Å². The third-order valence-electron chi connectivity index (χ3n) is 4.60. The first-order valence-electron chi connectivity index (χ1n) is 9.10. The van der Waals surface area contributed by atoms with E-state index in [0.717, 1.165) is 34.0 Å². The van der Waals surface area contributed by atoms with Crippen LogP contribution in [0.2, 0.25) is 0 Å². The van der Waals surface area contributed by atoms with Gasteiger partial charge >= 0.3 is 11.8 Å². The summed E-state index contributed by atoms with van der Waals surface area (Å²) in [7, 11) is 0. The monoisotopic (exact) mass is 410 g/mol. The first kappa shape index (κ1) is 19.2. The van der Waals surface area contributed by atoms with Crippen LogP contribution in [-0.2, 0) is 27.6 Å². The Morgan fingerprint density at radius 1 is 1.14 bits per heavy atom. The van der Waals surface area contributed by atoms with Crippen LogP contribution in [0.3, 0.4) is 0 Å². The van der Waals surface area contributed by atoms with Gasteiger partial charge in [-0.3, -0.25) is 9.59 Å². The Bertz CT molecular complexity index is 1080. The minimum absolute atomic E-state index is 0.137. The molecule has 0 saturated heterocycles. The van der Waals surface area contributed by atoms with Gasteiger partial charge in [-0.1, -0.05) is 24.3 Å². The fourth-order valence-corrected chi connectivity index (χ4v) is 4.15. The number of hydrogen-bond donors (Lipinski definition) is 2. The lowest BCUT2D eigenvalue weighted by molar-refractivity contribution is -0.136. The molecule has 1 aliphatic rings. The van der Waals surface area contributed by atoms with Crippen molar-refractivity contribution >= 4 is 29.4 Å². The molecule has 0 atom stereocenters. The van der Waals surface area contributed by atoms with Crippen LogP contribution >= 0.6 is 11.8 Å². The third kappa shape index (κ3) is 4.17. The van der Waals surface area contributed by atoms with Crippen LogP contribution in [0.15, 0.2) is 48.5 Å². The van der Waals surface area contributed by atoms with Gasteiger partial charge in [0.2, 0.25) is 0 Å². The first-order chi connectivity index (χ1) is 14.0. The number of hydrogen-bond acceptors (Lipinski definition) is 4. The van der Waals surface area contributed by atoms with Gasteiger partial charge in [0.25, 0.3) is 0 Å². The Kier molecular flexibility index (Phi) is 5.35. The molecule has 0 unspecified atom stereocenters. The minimum atomic E-state index is -0.763. The topological polar surface area (TPSA) is 76.0 Å². The first-order valence-corrected chi connectivity index (χ1v) is 10.3. The zero-order chi connectivity index (χ0) is 20.4. The van der Waals surface area contributed by atoms with Crippen LogP contribution < -0.4 is 10.6 Å². The molecule has 0 radical (unpaired) electrons. The van der Waals surface area contributed by atoms with Crippen LogP contribution in [0.25, 0.3) is 5.69 Å². The third-order valence-corrected chi connectivity index (χ3v) is 5.57.